The molecule has 1 heterocycles. The summed E-state index contributed by atoms with van der Waals surface area (Å²) in [5, 5.41) is 20.6. The Balaban J connectivity index is 1.90. The minimum absolute atomic E-state index is 0.200. The van der Waals surface area contributed by atoms with Crippen LogP contribution in [0, 0.1) is 6.92 Å². The number of aryl methyl sites for hydroxylation is 1. The van der Waals surface area contributed by atoms with Crippen LogP contribution in [0.4, 0.5) is 0 Å². The molecule has 1 saturated heterocycles. The van der Waals surface area contributed by atoms with E-state index in [-0.39, 0.29) is 6.61 Å². The van der Waals surface area contributed by atoms with E-state index in [2.05, 4.69) is 19.9 Å². The molecule has 0 bridgehead atoms. The van der Waals surface area contributed by atoms with Gasteiger partial charge in [0, 0.05) is 19.6 Å². The van der Waals surface area contributed by atoms with Crippen molar-refractivity contribution in [1.82, 2.24) is 0 Å². The van der Waals surface area contributed by atoms with E-state index in [9.17, 15) is 10.2 Å². The molecule has 0 amide bonds. The molecule has 22 heavy (non-hydrogen) atoms. The van der Waals surface area contributed by atoms with E-state index in [0.717, 1.165) is 11.3 Å². The van der Waals surface area contributed by atoms with E-state index in [0.29, 0.717) is 38.4 Å². The van der Waals surface area contributed by atoms with E-state index in [4.69, 9.17) is 9.47 Å². The summed E-state index contributed by atoms with van der Waals surface area (Å²) in [6, 6.07) is 6.19. The van der Waals surface area contributed by atoms with Crippen molar-refractivity contribution in [3.63, 3.8) is 0 Å². The van der Waals surface area contributed by atoms with E-state index in [1.54, 1.807) is 0 Å². The van der Waals surface area contributed by atoms with Gasteiger partial charge in [0.1, 0.15) is 12.4 Å². The maximum absolute atomic E-state index is 10.4. The van der Waals surface area contributed by atoms with Gasteiger partial charge in [0.25, 0.3) is 0 Å². The predicted molar refractivity (Wildman–Crippen MR) is 86.4 cm³/mol. The number of hydrogen-bond acceptors (Lipinski definition) is 4. The number of rotatable bonds is 6. The van der Waals surface area contributed by atoms with E-state index < -0.39 is 11.7 Å². The largest absolute Gasteiger partial charge is 0.491 e. The van der Waals surface area contributed by atoms with Crippen molar-refractivity contribution in [2.45, 2.75) is 57.7 Å². The number of aliphatic hydroxyl groups is 2. The minimum atomic E-state index is -0.824. The van der Waals surface area contributed by atoms with Crippen LogP contribution in [-0.4, -0.2) is 41.7 Å². The van der Waals surface area contributed by atoms with Crippen molar-refractivity contribution in [3.8, 4) is 5.75 Å². The summed E-state index contributed by atoms with van der Waals surface area (Å²) < 4.78 is 11.0. The zero-order chi connectivity index (χ0) is 16.2. The molecular weight excluding hydrogens is 280 g/mol. The molecule has 0 saturated carbocycles. The molecular formula is C18H28O4. The highest BCUT2D eigenvalue weighted by molar-refractivity contribution is 5.37. The molecule has 1 aliphatic rings. The highest BCUT2D eigenvalue weighted by atomic mass is 16.5. The lowest BCUT2D eigenvalue weighted by Crippen LogP contribution is -2.40. The molecule has 1 aromatic rings. The molecule has 1 aliphatic heterocycles. The molecule has 1 aromatic carbocycles. The van der Waals surface area contributed by atoms with Gasteiger partial charge in [-0.2, -0.15) is 0 Å². The maximum atomic E-state index is 10.4. The lowest BCUT2D eigenvalue weighted by Gasteiger charge is -2.33. The fourth-order valence-corrected chi connectivity index (χ4v) is 2.77. The predicted octanol–water partition coefficient (Wildman–Crippen LogP) is 2.79. The minimum Gasteiger partial charge on any atom is -0.491 e. The monoisotopic (exact) mass is 308 g/mol. The Morgan fingerprint density at radius 1 is 1.27 bits per heavy atom. The van der Waals surface area contributed by atoms with Crippen molar-refractivity contribution in [2.24, 2.45) is 0 Å². The molecule has 4 nitrogen and oxygen atoms in total. The lowest BCUT2D eigenvalue weighted by atomic mass is 9.88. The molecule has 1 atom stereocenters. The van der Waals surface area contributed by atoms with Crippen molar-refractivity contribution >= 4 is 0 Å². The van der Waals surface area contributed by atoms with Crippen LogP contribution in [0.3, 0.4) is 0 Å². The number of hydrogen-bond donors (Lipinski definition) is 2. The van der Waals surface area contributed by atoms with Gasteiger partial charge >= 0.3 is 0 Å². The Morgan fingerprint density at radius 2 is 1.95 bits per heavy atom. The van der Waals surface area contributed by atoms with Gasteiger partial charge in [-0.25, -0.2) is 0 Å². The third kappa shape index (κ3) is 4.70. The fourth-order valence-electron chi connectivity index (χ4n) is 2.77. The average molecular weight is 308 g/mol. The summed E-state index contributed by atoms with van der Waals surface area (Å²) >= 11 is 0. The molecule has 0 radical (unpaired) electrons. The summed E-state index contributed by atoms with van der Waals surface area (Å²) in [5.41, 5.74) is 1.45. The normalized spacial score (nSPS) is 19.2. The molecule has 2 rings (SSSR count). The number of aliphatic hydroxyl groups excluding tert-OH is 1. The zero-order valence-electron chi connectivity index (χ0n) is 13.8. The zero-order valence-corrected chi connectivity index (χ0v) is 13.8. The van der Waals surface area contributed by atoms with Crippen LogP contribution in [0.2, 0.25) is 0 Å². The maximum Gasteiger partial charge on any atom is 0.122 e. The second-order valence-corrected chi connectivity index (χ2v) is 6.69. The van der Waals surface area contributed by atoms with E-state index in [1.165, 1.54) is 5.56 Å². The Bertz CT molecular complexity index is 478. The van der Waals surface area contributed by atoms with Gasteiger partial charge in [0.15, 0.2) is 0 Å². The first-order chi connectivity index (χ1) is 10.4. The van der Waals surface area contributed by atoms with E-state index in [1.807, 2.05) is 19.1 Å². The Labute approximate surface area is 133 Å². The van der Waals surface area contributed by atoms with Crippen LogP contribution in [-0.2, 0) is 4.74 Å². The third-order valence-electron chi connectivity index (χ3n) is 4.35. The molecule has 124 valence electrons. The summed E-state index contributed by atoms with van der Waals surface area (Å²) in [6.07, 6.45) is 0.808. The van der Waals surface area contributed by atoms with Crippen molar-refractivity contribution in [3.05, 3.63) is 29.3 Å². The van der Waals surface area contributed by atoms with Crippen molar-refractivity contribution in [2.75, 3.05) is 19.8 Å². The van der Waals surface area contributed by atoms with E-state index >= 15 is 0 Å². The summed E-state index contributed by atoms with van der Waals surface area (Å²) in [6.45, 7) is 7.59. The molecule has 1 unspecified atom stereocenters. The van der Waals surface area contributed by atoms with Crippen LogP contribution in [0.15, 0.2) is 18.2 Å². The highest BCUT2D eigenvalue weighted by Crippen LogP contribution is 2.27. The van der Waals surface area contributed by atoms with Gasteiger partial charge in [0.05, 0.1) is 11.7 Å². The summed E-state index contributed by atoms with van der Waals surface area (Å²) in [5.74, 6) is 1.25. The van der Waals surface area contributed by atoms with Crippen molar-refractivity contribution < 1.29 is 19.7 Å². The van der Waals surface area contributed by atoms with Crippen LogP contribution in [0.5, 0.6) is 5.75 Å². The van der Waals surface area contributed by atoms with Crippen LogP contribution < -0.4 is 4.74 Å². The smallest absolute Gasteiger partial charge is 0.122 e. The topological polar surface area (TPSA) is 58.9 Å². The second kappa shape index (κ2) is 7.44. The molecule has 4 heteroatoms. The first-order valence-electron chi connectivity index (χ1n) is 8.11. The summed E-state index contributed by atoms with van der Waals surface area (Å²) in [4.78, 5) is 0. The third-order valence-corrected chi connectivity index (χ3v) is 4.35. The second-order valence-electron chi connectivity index (χ2n) is 6.69. The molecule has 0 spiro atoms. The molecule has 0 aromatic heterocycles. The SMILES string of the molecule is Cc1ccc(C(C)C)cc1OCC(O)CC1(O)CCOCC1. The van der Waals surface area contributed by atoms with Crippen LogP contribution >= 0.6 is 0 Å². The Kier molecular flexibility index (Phi) is 5.84. The van der Waals surface area contributed by atoms with Gasteiger partial charge in [-0.05, 0) is 42.9 Å². The Hall–Kier alpha value is -1.10. The average Bonchev–Trinajstić information content (AvgIpc) is 2.46. The quantitative estimate of drug-likeness (QED) is 0.848. The van der Waals surface area contributed by atoms with Gasteiger partial charge in [-0.15, -0.1) is 0 Å². The summed E-state index contributed by atoms with van der Waals surface area (Å²) in [7, 11) is 0. The molecule has 2 N–H and O–H groups in total. The fraction of sp³-hybridized carbons (Fsp3) is 0.667. The molecule has 0 aliphatic carbocycles. The van der Waals surface area contributed by atoms with Gasteiger partial charge in [-0.1, -0.05) is 26.0 Å². The van der Waals surface area contributed by atoms with Gasteiger partial charge in [-0.3, -0.25) is 0 Å². The number of benzene rings is 1. The Morgan fingerprint density at radius 3 is 2.59 bits per heavy atom. The first kappa shape index (κ1) is 17.3. The first-order valence-corrected chi connectivity index (χ1v) is 8.11. The lowest BCUT2D eigenvalue weighted by molar-refractivity contribution is -0.0906. The van der Waals surface area contributed by atoms with Crippen LogP contribution in [0.25, 0.3) is 0 Å². The number of ether oxygens (including phenoxy) is 2. The van der Waals surface area contributed by atoms with Gasteiger partial charge in [0.2, 0.25) is 0 Å². The highest BCUT2D eigenvalue weighted by Gasteiger charge is 2.32. The van der Waals surface area contributed by atoms with Gasteiger partial charge < -0.3 is 19.7 Å². The van der Waals surface area contributed by atoms with Crippen molar-refractivity contribution in [1.29, 1.82) is 0 Å². The van der Waals surface area contributed by atoms with Crippen LogP contribution in [0.1, 0.15) is 50.2 Å². The molecule has 1 fully saturated rings. The standard InChI is InChI=1S/C18H28O4/c1-13(2)15-5-4-14(3)17(10-15)22-12-16(19)11-18(20)6-8-21-9-7-18/h4-5,10,13,16,19-20H,6-9,11-12H2,1-3H3.